The number of methoxy groups -OCH3 is 1. The van der Waals surface area contributed by atoms with Gasteiger partial charge in [-0.05, 0) is 54.4 Å². The van der Waals surface area contributed by atoms with Crippen LogP contribution in [0.2, 0.25) is 0 Å². The minimum Gasteiger partial charge on any atom is -0.493 e. The molecule has 188 valence electrons. The number of nitrogens with zero attached hydrogens (tertiary/aromatic N) is 3. The van der Waals surface area contributed by atoms with Crippen LogP contribution in [0.1, 0.15) is 18.1 Å². The number of ether oxygens (including phenoxy) is 2. The number of fused-ring (bicyclic) bond motifs is 1. The molecule has 0 spiro atoms. The Morgan fingerprint density at radius 2 is 1.84 bits per heavy atom. The van der Waals surface area contributed by atoms with E-state index in [-0.39, 0.29) is 23.0 Å². The van der Waals surface area contributed by atoms with Crippen LogP contribution in [0.4, 0.5) is 0 Å². The van der Waals surface area contributed by atoms with Crippen LogP contribution in [0.15, 0.2) is 81.8 Å². The molecule has 37 heavy (non-hydrogen) atoms. The van der Waals surface area contributed by atoms with Crippen LogP contribution in [0, 0.1) is 6.92 Å². The van der Waals surface area contributed by atoms with E-state index in [1.807, 2.05) is 37.3 Å². The summed E-state index contributed by atoms with van der Waals surface area (Å²) in [5.41, 5.74) is 5.08. The van der Waals surface area contributed by atoms with Crippen LogP contribution in [0.25, 0.3) is 16.6 Å². The molecule has 0 bridgehead atoms. The van der Waals surface area contributed by atoms with Gasteiger partial charge in [-0.25, -0.2) is 10.4 Å². The van der Waals surface area contributed by atoms with E-state index in [1.165, 1.54) is 24.8 Å². The van der Waals surface area contributed by atoms with Crippen LogP contribution in [0.5, 0.6) is 11.5 Å². The largest absolute Gasteiger partial charge is 0.493 e. The number of para-hydroxylation sites is 2. The zero-order chi connectivity index (χ0) is 26.4. The number of amides is 1. The highest BCUT2D eigenvalue weighted by Gasteiger charge is 2.16. The summed E-state index contributed by atoms with van der Waals surface area (Å²) in [6.45, 7) is 3.22. The summed E-state index contributed by atoms with van der Waals surface area (Å²) in [7, 11) is 1.46. The first-order valence-corrected chi connectivity index (χ1v) is 12.2. The molecule has 0 unspecified atom stereocenters. The molecule has 0 radical (unpaired) electrons. The molecule has 3 aromatic carbocycles. The first-order chi connectivity index (χ1) is 17.9. The molecule has 1 N–H and O–H groups in total. The Balaban J connectivity index is 1.51. The monoisotopic (exact) mass is 516 g/mol. The summed E-state index contributed by atoms with van der Waals surface area (Å²) in [5.74, 6) is -0.197. The number of benzene rings is 3. The van der Waals surface area contributed by atoms with Gasteiger partial charge in [-0.1, -0.05) is 42.1 Å². The van der Waals surface area contributed by atoms with Crippen LogP contribution >= 0.6 is 11.8 Å². The number of thioether (sulfide) groups is 1. The quantitative estimate of drug-likeness (QED) is 0.0945. The summed E-state index contributed by atoms with van der Waals surface area (Å²) in [6, 6.07) is 19.5. The summed E-state index contributed by atoms with van der Waals surface area (Å²) in [6.07, 6.45) is 1.44. The van der Waals surface area contributed by atoms with Gasteiger partial charge in [-0.15, -0.1) is 0 Å². The second-order valence-corrected chi connectivity index (χ2v) is 8.87. The Labute approximate surface area is 217 Å². The standard InChI is InChI=1S/C27H24N4O5S/c1-17-8-4-7-11-22(17)31-26(34)20-9-5-6-10-21(20)29-27(31)37-16-25(33)30-28-15-19-12-13-23(36-18(2)32)24(14-19)35-3/h4-15H,16H2,1-3H3,(H,30,33)/b28-15-. The van der Waals surface area contributed by atoms with Gasteiger partial charge in [0.25, 0.3) is 11.5 Å². The predicted octanol–water partition coefficient (Wildman–Crippen LogP) is 3.87. The van der Waals surface area contributed by atoms with Gasteiger partial charge in [0.15, 0.2) is 16.7 Å². The van der Waals surface area contributed by atoms with Crippen molar-refractivity contribution in [2.45, 2.75) is 19.0 Å². The molecule has 1 heterocycles. The second kappa shape index (κ2) is 11.5. The van der Waals surface area contributed by atoms with E-state index in [1.54, 1.807) is 36.4 Å². The highest BCUT2D eigenvalue weighted by atomic mass is 32.2. The molecule has 0 saturated carbocycles. The van der Waals surface area contributed by atoms with E-state index in [2.05, 4.69) is 15.5 Å². The Morgan fingerprint density at radius 1 is 1.08 bits per heavy atom. The summed E-state index contributed by atoms with van der Waals surface area (Å²) < 4.78 is 11.9. The fraction of sp³-hybridized carbons (Fsp3) is 0.148. The molecule has 0 atom stereocenters. The molecular formula is C27H24N4O5S. The maximum absolute atomic E-state index is 13.4. The van der Waals surface area contributed by atoms with E-state index in [9.17, 15) is 14.4 Å². The van der Waals surface area contributed by atoms with Crippen LogP contribution in [-0.2, 0) is 9.59 Å². The van der Waals surface area contributed by atoms with Crippen molar-refractivity contribution in [3.8, 4) is 17.2 Å². The molecule has 4 aromatic rings. The van der Waals surface area contributed by atoms with Gasteiger partial charge in [-0.3, -0.25) is 19.0 Å². The van der Waals surface area contributed by atoms with Gasteiger partial charge in [-0.2, -0.15) is 5.10 Å². The number of aryl methyl sites for hydroxylation is 1. The number of hydrogen-bond donors (Lipinski definition) is 1. The van der Waals surface area contributed by atoms with Crippen molar-refractivity contribution in [1.82, 2.24) is 15.0 Å². The van der Waals surface area contributed by atoms with E-state index in [0.29, 0.717) is 33.1 Å². The van der Waals surface area contributed by atoms with Crippen molar-refractivity contribution in [1.29, 1.82) is 0 Å². The van der Waals surface area contributed by atoms with Gasteiger partial charge >= 0.3 is 5.97 Å². The molecule has 4 rings (SSSR count). The Morgan fingerprint density at radius 3 is 2.59 bits per heavy atom. The summed E-state index contributed by atoms with van der Waals surface area (Å²) >= 11 is 1.15. The maximum atomic E-state index is 13.4. The molecule has 10 heteroatoms. The van der Waals surface area contributed by atoms with Crippen LogP contribution in [0.3, 0.4) is 0 Å². The third-order valence-electron chi connectivity index (χ3n) is 5.28. The number of aromatic nitrogens is 2. The van der Waals surface area contributed by atoms with Crippen molar-refractivity contribution in [2.75, 3.05) is 12.9 Å². The number of hydrogen-bond acceptors (Lipinski definition) is 8. The molecular weight excluding hydrogens is 492 g/mol. The molecule has 1 aromatic heterocycles. The Bertz CT molecular complexity index is 1560. The molecule has 0 fully saturated rings. The van der Waals surface area contributed by atoms with Crippen molar-refractivity contribution in [3.63, 3.8) is 0 Å². The van der Waals surface area contributed by atoms with Gasteiger partial charge in [0.1, 0.15) is 0 Å². The van der Waals surface area contributed by atoms with E-state index >= 15 is 0 Å². The van der Waals surface area contributed by atoms with Crippen LogP contribution in [-0.4, -0.2) is 40.5 Å². The minimum atomic E-state index is -0.460. The molecule has 0 aliphatic rings. The first-order valence-electron chi connectivity index (χ1n) is 11.3. The van der Waals surface area contributed by atoms with Crippen molar-refractivity contribution in [2.24, 2.45) is 5.10 Å². The normalized spacial score (nSPS) is 11.0. The average Bonchev–Trinajstić information content (AvgIpc) is 2.89. The topological polar surface area (TPSA) is 112 Å². The zero-order valence-corrected chi connectivity index (χ0v) is 21.2. The van der Waals surface area contributed by atoms with Gasteiger partial charge in [0, 0.05) is 6.92 Å². The third-order valence-corrected chi connectivity index (χ3v) is 6.22. The number of nitrogens with one attached hydrogen (secondary N) is 1. The lowest BCUT2D eigenvalue weighted by molar-refractivity contribution is -0.132. The van der Waals surface area contributed by atoms with E-state index in [0.717, 1.165) is 17.3 Å². The lowest BCUT2D eigenvalue weighted by Crippen LogP contribution is -2.24. The van der Waals surface area contributed by atoms with Gasteiger partial charge < -0.3 is 9.47 Å². The molecule has 1 amide bonds. The van der Waals surface area contributed by atoms with Crippen molar-refractivity contribution in [3.05, 3.63) is 88.2 Å². The molecule has 0 aliphatic heterocycles. The first kappa shape index (κ1) is 25.6. The Hall–Kier alpha value is -4.44. The Kier molecular flexibility index (Phi) is 7.99. The van der Waals surface area contributed by atoms with Gasteiger partial charge in [0.05, 0.1) is 35.7 Å². The number of esters is 1. The number of hydrazone groups is 1. The number of carbonyl (C=O) groups is 2. The smallest absolute Gasteiger partial charge is 0.308 e. The van der Waals surface area contributed by atoms with Crippen LogP contribution < -0.4 is 20.5 Å². The molecule has 0 aliphatic carbocycles. The highest BCUT2D eigenvalue weighted by molar-refractivity contribution is 7.99. The SMILES string of the molecule is COc1cc(/C=N\NC(=O)CSc2nc3ccccc3c(=O)n2-c2ccccc2C)ccc1OC(C)=O. The number of carbonyl (C=O) groups excluding carboxylic acids is 2. The lowest BCUT2D eigenvalue weighted by Gasteiger charge is -2.14. The summed E-state index contributed by atoms with van der Waals surface area (Å²) in [5, 5.41) is 4.90. The summed E-state index contributed by atoms with van der Waals surface area (Å²) in [4.78, 5) is 41.7. The molecule has 0 saturated heterocycles. The zero-order valence-electron chi connectivity index (χ0n) is 20.4. The van der Waals surface area contributed by atoms with E-state index in [4.69, 9.17) is 9.47 Å². The van der Waals surface area contributed by atoms with Crippen molar-refractivity contribution < 1.29 is 19.1 Å². The van der Waals surface area contributed by atoms with Crippen molar-refractivity contribution >= 4 is 40.8 Å². The lowest BCUT2D eigenvalue weighted by atomic mass is 10.2. The fourth-order valence-electron chi connectivity index (χ4n) is 3.58. The maximum Gasteiger partial charge on any atom is 0.308 e. The minimum absolute atomic E-state index is 0.0112. The van der Waals surface area contributed by atoms with Gasteiger partial charge in [0.2, 0.25) is 0 Å². The average molecular weight is 517 g/mol. The second-order valence-electron chi connectivity index (χ2n) is 7.92. The van der Waals surface area contributed by atoms with E-state index < -0.39 is 5.97 Å². The number of rotatable bonds is 8. The fourth-order valence-corrected chi connectivity index (χ4v) is 4.38. The molecule has 9 nitrogen and oxygen atoms in total. The highest BCUT2D eigenvalue weighted by Crippen LogP contribution is 2.27. The predicted molar refractivity (Wildman–Crippen MR) is 143 cm³/mol. The third kappa shape index (κ3) is 6.04.